The number of ether oxygens (including phenoxy) is 2. The third-order valence-electron chi connectivity index (χ3n) is 4.22. The van der Waals surface area contributed by atoms with Crippen molar-refractivity contribution in [3.63, 3.8) is 0 Å². The largest absolute Gasteiger partial charge is 0.491 e. The van der Waals surface area contributed by atoms with E-state index in [-0.39, 0.29) is 18.3 Å². The molecule has 1 saturated heterocycles. The van der Waals surface area contributed by atoms with E-state index < -0.39 is 17.7 Å². The van der Waals surface area contributed by atoms with Crippen LogP contribution in [0.1, 0.15) is 34.7 Å². The molecular weight excluding hydrogens is 422 g/mol. The highest BCUT2D eigenvalue weighted by Gasteiger charge is 2.18. The smallest absolute Gasteiger partial charge is 0.289 e. The number of nitrogens with zero attached hydrogens (tertiary/aromatic N) is 2. The van der Waals surface area contributed by atoms with E-state index in [4.69, 9.17) is 9.47 Å². The second-order valence-corrected chi connectivity index (χ2v) is 7.83. The van der Waals surface area contributed by atoms with Crippen LogP contribution in [0.3, 0.4) is 0 Å². The van der Waals surface area contributed by atoms with Crippen LogP contribution in [-0.2, 0) is 9.53 Å². The van der Waals surface area contributed by atoms with Crippen molar-refractivity contribution in [3.8, 4) is 5.75 Å². The normalized spacial score (nSPS) is 13.6. The summed E-state index contributed by atoms with van der Waals surface area (Å²) in [6.45, 7) is 6.22. The summed E-state index contributed by atoms with van der Waals surface area (Å²) in [5.41, 5.74) is 5.17. The van der Waals surface area contributed by atoms with Gasteiger partial charge >= 0.3 is 0 Å². The molecule has 2 aromatic rings. The Balaban J connectivity index is 1.41. The summed E-state index contributed by atoms with van der Waals surface area (Å²) in [7, 11) is 0. The highest BCUT2D eigenvalue weighted by atomic mass is 32.1. The molecule has 0 aliphatic carbocycles. The van der Waals surface area contributed by atoms with Crippen LogP contribution in [0.15, 0.2) is 29.6 Å². The predicted octanol–water partition coefficient (Wildman–Crippen LogP) is 0.958. The summed E-state index contributed by atoms with van der Waals surface area (Å²) in [5, 5.41) is 4.85. The van der Waals surface area contributed by atoms with Crippen LogP contribution in [0.2, 0.25) is 0 Å². The molecule has 0 atom stereocenters. The van der Waals surface area contributed by atoms with E-state index in [0.29, 0.717) is 24.5 Å². The van der Waals surface area contributed by atoms with Crippen LogP contribution in [-0.4, -0.2) is 61.7 Å². The Morgan fingerprint density at radius 3 is 2.52 bits per heavy atom. The minimum atomic E-state index is -0.565. The highest BCUT2D eigenvalue weighted by Crippen LogP contribution is 2.21. The first-order valence-corrected chi connectivity index (χ1v) is 10.7. The van der Waals surface area contributed by atoms with Gasteiger partial charge in [-0.1, -0.05) is 0 Å². The molecule has 31 heavy (non-hydrogen) atoms. The maximum absolute atomic E-state index is 12.2. The molecule has 166 valence electrons. The molecule has 0 spiro atoms. The number of carbonyl (C=O) groups excluding carboxylic acids is 3. The monoisotopic (exact) mass is 447 g/mol. The number of aromatic nitrogens is 1. The van der Waals surface area contributed by atoms with Gasteiger partial charge in [-0.3, -0.25) is 25.2 Å². The summed E-state index contributed by atoms with van der Waals surface area (Å²) in [5.74, 6) is -0.848. The number of morpholine rings is 1. The molecule has 0 bridgehead atoms. The molecule has 11 heteroatoms. The molecule has 10 nitrogen and oxygen atoms in total. The molecule has 1 aromatic heterocycles. The quantitative estimate of drug-likeness (QED) is 0.541. The maximum atomic E-state index is 12.2. The zero-order valence-electron chi connectivity index (χ0n) is 17.3. The van der Waals surface area contributed by atoms with Crippen molar-refractivity contribution >= 4 is 34.2 Å². The third-order valence-corrected chi connectivity index (χ3v) is 5.12. The Morgan fingerprint density at radius 1 is 1.13 bits per heavy atom. The van der Waals surface area contributed by atoms with E-state index in [1.54, 1.807) is 29.6 Å². The van der Waals surface area contributed by atoms with Crippen LogP contribution in [0, 0.1) is 0 Å². The van der Waals surface area contributed by atoms with Crippen LogP contribution in [0.4, 0.5) is 5.13 Å². The predicted molar refractivity (Wildman–Crippen MR) is 115 cm³/mol. The summed E-state index contributed by atoms with van der Waals surface area (Å²) in [4.78, 5) is 42.6. The molecule has 1 fully saturated rings. The fourth-order valence-corrected chi connectivity index (χ4v) is 3.58. The van der Waals surface area contributed by atoms with E-state index >= 15 is 0 Å². The van der Waals surface area contributed by atoms with E-state index in [9.17, 15) is 14.4 Å². The van der Waals surface area contributed by atoms with Gasteiger partial charge in [0.2, 0.25) is 0 Å². The Bertz CT molecular complexity index is 909. The lowest BCUT2D eigenvalue weighted by Gasteiger charge is -2.25. The lowest BCUT2D eigenvalue weighted by molar-refractivity contribution is -0.120. The number of hydrogen-bond donors (Lipinski definition) is 3. The molecule has 1 aliphatic rings. The van der Waals surface area contributed by atoms with Gasteiger partial charge in [0, 0.05) is 24.0 Å². The number of hydrogen-bond acceptors (Lipinski definition) is 8. The van der Waals surface area contributed by atoms with Crippen LogP contribution in [0.5, 0.6) is 5.75 Å². The van der Waals surface area contributed by atoms with Crippen LogP contribution >= 0.6 is 11.3 Å². The van der Waals surface area contributed by atoms with Crippen molar-refractivity contribution in [1.82, 2.24) is 21.2 Å². The Labute approximate surface area is 183 Å². The number of amides is 3. The molecule has 3 N–H and O–H groups in total. The van der Waals surface area contributed by atoms with Crippen molar-refractivity contribution in [2.45, 2.75) is 20.0 Å². The van der Waals surface area contributed by atoms with Crippen LogP contribution < -0.4 is 25.8 Å². The van der Waals surface area contributed by atoms with Gasteiger partial charge in [-0.25, -0.2) is 4.98 Å². The number of thiazole rings is 1. The van der Waals surface area contributed by atoms with Crippen molar-refractivity contribution in [2.24, 2.45) is 0 Å². The molecule has 1 aliphatic heterocycles. The van der Waals surface area contributed by atoms with Gasteiger partial charge in [0.05, 0.1) is 25.9 Å². The number of nitrogens with one attached hydrogen (secondary N) is 3. The Kier molecular flexibility index (Phi) is 7.79. The first kappa shape index (κ1) is 22.5. The van der Waals surface area contributed by atoms with E-state index in [0.717, 1.165) is 18.2 Å². The van der Waals surface area contributed by atoms with E-state index in [1.807, 2.05) is 18.7 Å². The molecule has 1 aromatic carbocycles. The number of anilines is 1. The highest BCUT2D eigenvalue weighted by molar-refractivity contribution is 7.13. The minimum Gasteiger partial charge on any atom is -0.491 e. The SMILES string of the molecule is CC(C)Oc1ccc(C(=O)NCC(=O)NNC(=O)c2csc(N3CCOCC3)n2)cc1. The van der Waals surface area contributed by atoms with Crippen molar-refractivity contribution < 1.29 is 23.9 Å². The Hall–Kier alpha value is -3.18. The van der Waals surface area contributed by atoms with Crippen molar-refractivity contribution in [3.05, 3.63) is 40.9 Å². The standard InChI is InChI=1S/C20H25N5O5S/c1-13(2)30-15-5-3-14(4-6-15)18(27)21-11-17(26)23-24-19(28)16-12-31-20(22-16)25-7-9-29-10-8-25/h3-6,12-13H,7-11H2,1-2H3,(H,21,27)(H,23,26)(H,24,28). The van der Waals surface area contributed by atoms with Gasteiger partial charge in [0.15, 0.2) is 5.13 Å². The lowest BCUT2D eigenvalue weighted by Crippen LogP contribution is -2.46. The summed E-state index contributed by atoms with van der Waals surface area (Å²) in [6, 6.07) is 6.60. The number of benzene rings is 1. The topological polar surface area (TPSA) is 122 Å². The van der Waals surface area contributed by atoms with Crippen LogP contribution in [0.25, 0.3) is 0 Å². The average Bonchev–Trinajstić information content (AvgIpc) is 3.27. The zero-order valence-corrected chi connectivity index (χ0v) is 18.2. The van der Waals surface area contributed by atoms with E-state index in [2.05, 4.69) is 21.2 Å². The summed E-state index contributed by atoms with van der Waals surface area (Å²) < 4.78 is 10.8. The minimum absolute atomic E-state index is 0.0359. The van der Waals surface area contributed by atoms with Gasteiger partial charge in [0.1, 0.15) is 11.4 Å². The first-order valence-electron chi connectivity index (χ1n) is 9.84. The summed E-state index contributed by atoms with van der Waals surface area (Å²) in [6.07, 6.45) is 0.0359. The fourth-order valence-electron chi connectivity index (χ4n) is 2.72. The number of rotatable bonds is 7. The molecule has 0 radical (unpaired) electrons. The molecular formula is C20H25N5O5S. The summed E-state index contributed by atoms with van der Waals surface area (Å²) >= 11 is 1.35. The zero-order chi connectivity index (χ0) is 22.2. The number of carbonyl (C=O) groups is 3. The molecule has 0 unspecified atom stereocenters. The van der Waals surface area contributed by atoms with Gasteiger partial charge < -0.3 is 19.7 Å². The lowest BCUT2D eigenvalue weighted by atomic mass is 10.2. The molecule has 2 heterocycles. The first-order chi connectivity index (χ1) is 14.9. The van der Waals surface area contributed by atoms with Gasteiger partial charge in [-0.05, 0) is 38.1 Å². The molecule has 3 rings (SSSR count). The second-order valence-electron chi connectivity index (χ2n) is 6.99. The van der Waals surface area contributed by atoms with Crippen molar-refractivity contribution in [1.29, 1.82) is 0 Å². The van der Waals surface area contributed by atoms with Gasteiger partial charge in [-0.15, -0.1) is 11.3 Å². The van der Waals surface area contributed by atoms with Gasteiger partial charge in [-0.2, -0.15) is 0 Å². The molecule has 0 saturated carbocycles. The van der Waals surface area contributed by atoms with Gasteiger partial charge in [0.25, 0.3) is 17.7 Å². The fraction of sp³-hybridized carbons (Fsp3) is 0.400. The maximum Gasteiger partial charge on any atom is 0.289 e. The third kappa shape index (κ3) is 6.66. The average molecular weight is 448 g/mol. The van der Waals surface area contributed by atoms with Crippen molar-refractivity contribution in [2.75, 3.05) is 37.7 Å². The second kappa shape index (κ2) is 10.7. The number of hydrazine groups is 1. The Morgan fingerprint density at radius 2 is 1.84 bits per heavy atom. The van der Waals surface area contributed by atoms with E-state index in [1.165, 1.54) is 11.3 Å². The molecule has 3 amide bonds.